The number of aliphatic hydroxyl groups excluding tert-OH is 1. The molecule has 1 aliphatic rings. The summed E-state index contributed by atoms with van der Waals surface area (Å²) >= 11 is 4.35. The summed E-state index contributed by atoms with van der Waals surface area (Å²) in [5.74, 6) is 0.600. The van der Waals surface area contributed by atoms with Crippen LogP contribution in [0.15, 0.2) is 64.4 Å². The van der Waals surface area contributed by atoms with Crippen LogP contribution in [0.2, 0.25) is 0 Å². The van der Waals surface area contributed by atoms with Crippen LogP contribution in [0.5, 0.6) is 23.0 Å². The van der Waals surface area contributed by atoms with Crippen LogP contribution in [0.4, 0.5) is 5.69 Å². The second-order valence-corrected chi connectivity index (χ2v) is 10.8. The molecule has 10 nitrogen and oxygen atoms in total. The zero-order valence-electron chi connectivity index (χ0n) is 21.5. The van der Waals surface area contributed by atoms with Gasteiger partial charge in [-0.2, -0.15) is 0 Å². The Kier molecular flexibility index (Phi) is 9.23. The first-order valence-electron chi connectivity index (χ1n) is 12.1. The monoisotopic (exact) mass is 574 g/mol. The Balaban J connectivity index is 1.84. The maximum atomic E-state index is 13.5. The van der Waals surface area contributed by atoms with Crippen molar-refractivity contribution in [2.75, 3.05) is 51.3 Å². The first-order chi connectivity index (χ1) is 18.7. The molecule has 3 aromatic carbocycles. The van der Waals surface area contributed by atoms with Crippen molar-refractivity contribution in [3.05, 3.63) is 65.7 Å². The number of aliphatic hydroxyl groups is 1. The van der Waals surface area contributed by atoms with E-state index in [1.807, 2.05) is 6.92 Å². The molecule has 0 aliphatic carbocycles. The van der Waals surface area contributed by atoms with Gasteiger partial charge in [0.25, 0.3) is 15.9 Å². The number of morpholine rings is 1. The Morgan fingerprint density at radius 1 is 1.10 bits per heavy atom. The number of aryl methyl sites for hydroxylation is 1. The van der Waals surface area contributed by atoms with Crippen LogP contribution in [0.1, 0.15) is 15.9 Å². The standard InChI is InChI=1S/C27H30N2O8S2/c1-18-6-7-25(24(38)14-18)39(32,33)28-22-15-19(27(31)29-8-11-35-12-9-29)16-23(36-13-10-30)26(22)37-21-5-3-4-20(17-21)34-2/h3-7,14-17,28,30,38H,8-13H2,1-2H3. The van der Waals surface area contributed by atoms with Gasteiger partial charge >= 0.3 is 0 Å². The topological polar surface area (TPSA) is 124 Å². The minimum atomic E-state index is -4.17. The number of nitrogens with one attached hydrogen (secondary N) is 1. The fourth-order valence-electron chi connectivity index (χ4n) is 3.96. The summed E-state index contributed by atoms with van der Waals surface area (Å²) in [4.78, 5) is 15.2. The lowest BCUT2D eigenvalue weighted by Gasteiger charge is -2.27. The first kappa shape index (κ1) is 28.6. The van der Waals surface area contributed by atoms with Crippen LogP contribution >= 0.6 is 12.6 Å². The second kappa shape index (κ2) is 12.6. The molecule has 3 aromatic rings. The predicted molar refractivity (Wildman–Crippen MR) is 148 cm³/mol. The van der Waals surface area contributed by atoms with E-state index in [1.165, 1.54) is 25.3 Å². The molecule has 4 rings (SSSR count). The number of benzene rings is 3. The van der Waals surface area contributed by atoms with Crippen LogP contribution in [0.3, 0.4) is 0 Å². The number of amides is 1. The highest BCUT2D eigenvalue weighted by atomic mass is 32.2. The summed E-state index contributed by atoms with van der Waals surface area (Å²) in [6, 6.07) is 14.4. The van der Waals surface area contributed by atoms with E-state index < -0.39 is 10.0 Å². The van der Waals surface area contributed by atoms with Crippen molar-refractivity contribution >= 4 is 34.2 Å². The molecule has 0 spiro atoms. The zero-order chi connectivity index (χ0) is 28.0. The Morgan fingerprint density at radius 2 is 1.85 bits per heavy atom. The van der Waals surface area contributed by atoms with E-state index >= 15 is 0 Å². The maximum absolute atomic E-state index is 13.5. The Bertz CT molecular complexity index is 1440. The van der Waals surface area contributed by atoms with E-state index in [2.05, 4.69) is 17.4 Å². The van der Waals surface area contributed by atoms with E-state index in [0.29, 0.717) is 37.8 Å². The molecule has 0 atom stereocenters. The van der Waals surface area contributed by atoms with Crippen molar-refractivity contribution in [2.24, 2.45) is 0 Å². The highest BCUT2D eigenvalue weighted by molar-refractivity contribution is 7.93. The lowest BCUT2D eigenvalue weighted by atomic mass is 10.1. The Labute approximate surface area is 232 Å². The van der Waals surface area contributed by atoms with E-state index in [9.17, 15) is 18.3 Å². The number of carbonyl (C=O) groups is 1. The fourth-order valence-corrected chi connectivity index (χ4v) is 5.73. The van der Waals surface area contributed by atoms with Crippen LogP contribution in [0.25, 0.3) is 0 Å². The molecule has 1 amide bonds. The molecule has 0 bridgehead atoms. The van der Waals surface area contributed by atoms with Gasteiger partial charge in [-0.25, -0.2) is 8.42 Å². The lowest BCUT2D eigenvalue weighted by molar-refractivity contribution is 0.0302. The van der Waals surface area contributed by atoms with Crippen molar-refractivity contribution < 1.29 is 37.3 Å². The zero-order valence-corrected chi connectivity index (χ0v) is 23.3. The van der Waals surface area contributed by atoms with Gasteiger partial charge in [0, 0.05) is 29.6 Å². The van der Waals surface area contributed by atoms with Gasteiger partial charge in [0.15, 0.2) is 11.5 Å². The van der Waals surface area contributed by atoms with E-state index in [1.54, 1.807) is 41.3 Å². The first-order valence-corrected chi connectivity index (χ1v) is 14.1. The fraction of sp³-hybridized carbons (Fsp3) is 0.296. The van der Waals surface area contributed by atoms with E-state index in [4.69, 9.17) is 18.9 Å². The van der Waals surface area contributed by atoms with Crippen molar-refractivity contribution in [3.8, 4) is 23.0 Å². The number of ether oxygens (including phenoxy) is 4. The SMILES string of the molecule is COc1cccc(Oc2c(NS(=O)(=O)c3ccc(C)cc3S)cc(C(=O)N3CCOCC3)cc2OCCO)c1. The van der Waals surface area contributed by atoms with Gasteiger partial charge in [-0.1, -0.05) is 12.1 Å². The smallest absolute Gasteiger partial charge is 0.263 e. The Hall–Kier alpha value is -3.45. The minimum absolute atomic E-state index is 0.00614. The summed E-state index contributed by atoms with van der Waals surface area (Å²) in [6.45, 7) is 2.97. The molecule has 0 radical (unpaired) electrons. The third-order valence-corrected chi connectivity index (χ3v) is 7.80. The molecule has 208 valence electrons. The highest BCUT2D eigenvalue weighted by Crippen LogP contribution is 2.42. The number of rotatable bonds is 10. The van der Waals surface area contributed by atoms with Gasteiger partial charge in [0.1, 0.15) is 23.0 Å². The van der Waals surface area contributed by atoms with Crippen LogP contribution in [-0.4, -0.2) is 71.0 Å². The summed E-state index contributed by atoms with van der Waals surface area (Å²) in [6.07, 6.45) is 0. The number of carbonyl (C=O) groups excluding carboxylic acids is 1. The average molecular weight is 575 g/mol. The molecule has 0 unspecified atom stereocenters. The van der Waals surface area contributed by atoms with Gasteiger partial charge in [-0.05, 0) is 48.9 Å². The predicted octanol–water partition coefficient (Wildman–Crippen LogP) is 3.73. The molecule has 1 saturated heterocycles. The molecule has 12 heteroatoms. The van der Waals surface area contributed by atoms with Crippen LogP contribution < -0.4 is 18.9 Å². The third kappa shape index (κ3) is 6.95. The largest absolute Gasteiger partial charge is 0.497 e. The van der Waals surface area contributed by atoms with Crippen molar-refractivity contribution in [2.45, 2.75) is 16.7 Å². The number of sulfonamides is 1. The number of nitrogens with zero attached hydrogens (tertiary/aromatic N) is 1. The maximum Gasteiger partial charge on any atom is 0.263 e. The quantitative estimate of drug-likeness (QED) is 0.313. The average Bonchev–Trinajstić information content (AvgIpc) is 2.92. The molecule has 2 N–H and O–H groups in total. The molecule has 0 saturated carbocycles. The van der Waals surface area contributed by atoms with Crippen LogP contribution in [-0.2, 0) is 14.8 Å². The minimum Gasteiger partial charge on any atom is -0.497 e. The summed E-state index contributed by atoms with van der Waals surface area (Å²) in [5.41, 5.74) is 0.993. The molecular weight excluding hydrogens is 544 g/mol. The number of hydrogen-bond acceptors (Lipinski definition) is 9. The number of anilines is 1. The van der Waals surface area contributed by atoms with E-state index in [-0.39, 0.29) is 51.7 Å². The van der Waals surface area contributed by atoms with Crippen molar-refractivity contribution in [3.63, 3.8) is 0 Å². The van der Waals surface area contributed by atoms with E-state index in [0.717, 1.165) is 5.56 Å². The normalized spacial score (nSPS) is 13.6. The van der Waals surface area contributed by atoms with Gasteiger partial charge < -0.3 is 29.0 Å². The van der Waals surface area contributed by atoms with Gasteiger partial charge in [-0.15, -0.1) is 12.6 Å². The molecule has 1 heterocycles. The molecule has 0 aromatic heterocycles. The molecular formula is C27H30N2O8S2. The van der Waals surface area contributed by atoms with Gasteiger partial charge in [0.05, 0.1) is 32.6 Å². The second-order valence-electron chi connectivity index (χ2n) is 8.69. The molecule has 1 fully saturated rings. The van der Waals surface area contributed by atoms with Crippen molar-refractivity contribution in [1.29, 1.82) is 0 Å². The van der Waals surface area contributed by atoms with Crippen molar-refractivity contribution in [1.82, 2.24) is 4.90 Å². The third-order valence-electron chi connectivity index (χ3n) is 5.86. The lowest BCUT2D eigenvalue weighted by Crippen LogP contribution is -2.40. The van der Waals surface area contributed by atoms with Crippen LogP contribution in [0, 0.1) is 6.92 Å². The highest BCUT2D eigenvalue weighted by Gasteiger charge is 2.26. The number of hydrogen-bond donors (Lipinski definition) is 3. The van der Waals surface area contributed by atoms with Gasteiger partial charge in [0.2, 0.25) is 0 Å². The summed E-state index contributed by atoms with van der Waals surface area (Å²) in [7, 11) is -2.66. The van der Waals surface area contributed by atoms with Gasteiger partial charge in [-0.3, -0.25) is 9.52 Å². The summed E-state index contributed by atoms with van der Waals surface area (Å²) < 4.78 is 52.1. The molecule has 39 heavy (non-hydrogen) atoms. The molecule has 1 aliphatic heterocycles. The Morgan fingerprint density at radius 3 is 2.54 bits per heavy atom. The number of methoxy groups -OCH3 is 1. The summed E-state index contributed by atoms with van der Waals surface area (Å²) in [5, 5.41) is 9.42. The number of thiol groups is 1.